The standard InChI is InChI=1S/C25H22N2O2/c1-16-10-12-17(13-11-16)14-22(24(26)28)27-25(29)23-20-8-4-2-6-18(20)15-19-7-3-5-9-21(19)23/h2-13,15,22H,14H2,1H3,(H2,26,28)(H,27,29)/t22-/m0/s1. The van der Waals surface area contributed by atoms with E-state index in [4.69, 9.17) is 5.73 Å². The molecule has 4 aromatic carbocycles. The monoisotopic (exact) mass is 382 g/mol. The second-order valence-corrected chi connectivity index (χ2v) is 7.31. The Morgan fingerprint density at radius 1 is 0.862 bits per heavy atom. The van der Waals surface area contributed by atoms with E-state index >= 15 is 0 Å². The molecule has 1 atom stereocenters. The number of carbonyl (C=O) groups is 2. The van der Waals surface area contributed by atoms with Gasteiger partial charge in [-0.3, -0.25) is 9.59 Å². The molecule has 2 amide bonds. The topological polar surface area (TPSA) is 72.2 Å². The molecular formula is C25H22N2O2. The van der Waals surface area contributed by atoms with Gasteiger partial charge in [-0.15, -0.1) is 0 Å². The van der Waals surface area contributed by atoms with Crippen molar-refractivity contribution in [2.45, 2.75) is 19.4 Å². The Labute approximate surface area is 169 Å². The maximum absolute atomic E-state index is 13.3. The predicted octanol–water partition coefficient (Wildman–Crippen LogP) is 4.13. The Morgan fingerprint density at radius 2 is 1.41 bits per heavy atom. The summed E-state index contributed by atoms with van der Waals surface area (Å²) in [4.78, 5) is 25.4. The Hall–Kier alpha value is -3.66. The molecule has 0 fully saturated rings. The first-order valence-corrected chi connectivity index (χ1v) is 9.59. The predicted molar refractivity (Wildman–Crippen MR) is 117 cm³/mol. The van der Waals surface area contributed by atoms with Crippen molar-refractivity contribution < 1.29 is 9.59 Å². The molecule has 3 N–H and O–H groups in total. The van der Waals surface area contributed by atoms with Crippen LogP contribution in [0.25, 0.3) is 21.5 Å². The van der Waals surface area contributed by atoms with Gasteiger partial charge in [0.1, 0.15) is 6.04 Å². The third-order valence-corrected chi connectivity index (χ3v) is 5.21. The summed E-state index contributed by atoms with van der Waals surface area (Å²) < 4.78 is 0. The number of fused-ring (bicyclic) bond motifs is 2. The number of rotatable bonds is 5. The molecule has 4 rings (SSSR count). The van der Waals surface area contributed by atoms with E-state index in [-0.39, 0.29) is 5.91 Å². The van der Waals surface area contributed by atoms with Crippen molar-refractivity contribution in [1.82, 2.24) is 5.32 Å². The van der Waals surface area contributed by atoms with Gasteiger partial charge in [-0.2, -0.15) is 0 Å². The minimum atomic E-state index is -0.789. The van der Waals surface area contributed by atoms with E-state index in [1.54, 1.807) is 0 Å². The highest BCUT2D eigenvalue weighted by molar-refractivity contribution is 6.18. The van der Waals surface area contributed by atoms with Crippen molar-refractivity contribution in [1.29, 1.82) is 0 Å². The van der Waals surface area contributed by atoms with Crippen LogP contribution in [0.15, 0.2) is 78.9 Å². The molecule has 0 aliphatic carbocycles. The van der Waals surface area contributed by atoms with Crippen LogP contribution in [0.4, 0.5) is 0 Å². The number of nitrogens with two attached hydrogens (primary N) is 1. The maximum Gasteiger partial charge on any atom is 0.253 e. The van der Waals surface area contributed by atoms with Crippen molar-refractivity contribution in [3.05, 3.63) is 95.6 Å². The fourth-order valence-electron chi connectivity index (χ4n) is 3.67. The fourth-order valence-corrected chi connectivity index (χ4v) is 3.67. The molecule has 0 saturated carbocycles. The molecule has 0 aliphatic rings. The molecule has 0 aliphatic heterocycles. The second kappa shape index (κ2) is 7.76. The number of aryl methyl sites for hydroxylation is 1. The van der Waals surface area contributed by atoms with Crippen LogP contribution in [-0.2, 0) is 11.2 Å². The molecule has 0 saturated heterocycles. The summed E-state index contributed by atoms with van der Waals surface area (Å²) in [7, 11) is 0. The average Bonchev–Trinajstić information content (AvgIpc) is 2.72. The normalized spacial score (nSPS) is 12.0. The van der Waals surface area contributed by atoms with Gasteiger partial charge >= 0.3 is 0 Å². The number of hydrogen-bond donors (Lipinski definition) is 2. The van der Waals surface area contributed by atoms with Crippen molar-refractivity contribution in [2.75, 3.05) is 0 Å². The van der Waals surface area contributed by atoms with Crippen LogP contribution >= 0.6 is 0 Å². The van der Waals surface area contributed by atoms with E-state index in [1.807, 2.05) is 79.7 Å². The molecule has 0 aromatic heterocycles. The van der Waals surface area contributed by atoms with Crippen molar-refractivity contribution in [2.24, 2.45) is 5.73 Å². The first-order valence-electron chi connectivity index (χ1n) is 9.59. The average molecular weight is 382 g/mol. The molecule has 0 spiro atoms. The number of amides is 2. The lowest BCUT2D eigenvalue weighted by Crippen LogP contribution is -2.46. The molecule has 0 bridgehead atoms. The van der Waals surface area contributed by atoms with Gasteiger partial charge in [0.2, 0.25) is 5.91 Å². The van der Waals surface area contributed by atoms with E-state index < -0.39 is 11.9 Å². The Morgan fingerprint density at radius 3 is 1.97 bits per heavy atom. The number of benzene rings is 4. The largest absolute Gasteiger partial charge is 0.368 e. The minimum absolute atomic E-state index is 0.297. The van der Waals surface area contributed by atoms with Gasteiger partial charge in [-0.05, 0) is 40.1 Å². The summed E-state index contributed by atoms with van der Waals surface area (Å²) in [5.41, 5.74) is 8.26. The minimum Gasteiger partial charge on any atom is -0.368 e. The van der Waals surface area contributed by atoms with Gasteiger partial charge in [0.05, 0.1) is 5.56 Å². The van der Waals surface area contributed by atoms with Crippen LogP contribution in [0.2, 0.25) is 0 Å². The first-order chi connectivity index (χ1) is 14.0. The van der Waals surface area contributed by atoms with E-state index in [0.717, 1.165) is 32.7 Å². The van der Waals surface area contributed by atoms with Gasteiger partial charge < -0.3 is 11.1 Å². The van der Waals surface area contributed by atoms with E-state index in [9.17, 15) is 9.59 Å². The second-order valence-electron chi connectivity index (χ2n) is 7.31. The molecule has 0 heterocycles. The first kappa shape index (κ1) is 18.7. The smallest absolute Gasteiger partial charge is 0.253 e. The third-order valence-electron chi connectivity index (χ3n) is 5.21. The molecule has 29 heavy (non-hydrogen) atoms. The lowest BCUT2D eigenvalue weighted by molar-refractivity contribution is -0.119. The number of carbonyl (C=O) groups excluding carboxylic acids is 2. The van der Waals surface area contributed by atoms with Crippen LogP contribution in [0.1, 0.15) is 21.5 Å². The Balaban J connectivity index is 1.73. The third kappa shape index (κ3) is 3.83. The van der Waals surface area contributed by atoms with Gasteiger partial charge in [0.25, 0.3) is 5.91 Å². The molecule has 4 aromatic rings. The van der Waals surface area contributed by atoms with E-state index in [0.29, 0.717) is 12.0 Å². The number of nitrogens with one attached hydrogen (secondary N) is 1. The van der Waals surface area contributed by atoms with Crippen LogP contribution in [-0.4, -0.2) is 17.9 Å². The highest BCUT2D eigenvalue weighted by Crippen LogP contribution is 2.28. The summed E-state index contributed by atoms with van der Waals surface area (Å²) in [6.45, 7) is 2.00. The van der Waals surface area contributed by atoms with Gasteiger partial charge in [-0.25, -0.2) is 0 Å². The molecule has 4 nitrogen and oxygen atoms in total. The summed E-state index contributed by atoms with van der Waals surface area (Å²) in [6.07, 6.45) is 0.351. The fraction of sp³-hybridized carbons (Fsp3) is 0.120. The van der Waals surface area contributed by atoms with Gasteiger partial charge in [0.15, 0.2) is 0 Å². The quantitative estimate of drug-likeness (QED) is 0.510. The van der Waals surface area contributed by atoms with Crippen LogP contribution in [0.3, 0.4) is 0 Å². The summed E-state index contributed by atoms with van der Waals surface area (Å²) in [6, 6.07) is 24.7. The van der Waals surface area contributed by atoms with Gasteiger partial charge in [-0.1, -0.05) is 78.4 Å². The summed E-state index contributed by atoms with van der Waals surface area (Å²) in [5, 5.41) is 6.52. The molecule has 0 unspecified atom stereocenters. The summed E-state index contributed by atoms with van der Waals surface area (Å²) >= 11 is 0. The van der Waals surface area contributed by atoms with E-state index in [1.165, 1.54) is 0 Å². The molecule has 0 radical (unpaired) electrons. The van der Waals surface area contributed by atoms with Crippen molar-refractivity contribution >= 4 is 33.4 Å². The zero-order chi connectivity index (χ0) is 20.4. The van der Waals surface area contributed by atoms with Crippen LogP contribution in [0, 0.1) is 6.92 Å². The highest BCUT2D eigenvalue weighted by Gasteiger charge is 2.22. The molecule has 4 heteroatoms. The summed E-state index contributed by atoms with van der Waals surface area (Å²) in [5.74, 6) is -0.850. The SMILES string of the molecule is Cc1ccc(C[C@H](NC(=O)c2c3ccccc3cc3ccccc23)C(N)=O)cc1. The van der Waals surface area contributed by atoms with Crippen LogP contribution < -0.4 is 11.1 Å². The van der Waals surface area contributed by atoms with Crippen molar-refractivity contribution in [3.63, 3.8) is 0 Å². The van der Waals surface area contributed by atoms with E-state index in [2.05, 4.69) is 11.4 Å². The molecule has 144 valence electrons. The zero-order valence-corrected chi connectivity index (χ0v) is 16.2. The Kier molecular flexibility index (Phi) is 5.00. The van der Waals surface area contributed by atoms with Crippen molar-refractivity contribution in [3.8, 4) is 0 Å². The number of primary amides is 1. The van der Waals surface area contributed by atoms with Gasteiger partial charge in [0, 0.05) is 6.42 Å². The number of hydrogen-bond acceptors (Lipinski definition) is 2. The zero-order valence-electron chi connectivity index (χ0n) is 16.2. The maximum atomic E-state index is 13.3. The Bertz CT molecular complexity index is 1160. The highest BCUT2D eigenvalue weighted by atomic mass is 16.2. The molecular weight excluding hydrogens is 360 g/mol. The lowest BCUT2D eigenvalue weighted by Gasteiger charge is -2.18. The van der Waals surface area contributed by atoms with Crippen LogP contribution in [0.5, 0.6) is 0 Å². The lowest BCUT2D eigenvalue weighted by atomic mass is 9.95.